The van der Waals surface area contributed by atoms with Crippen molar-refractivity contribution in [1.82, 2.24) is 9.88 Å². The van der Waals surface area contributed by atoms with Crippen molar-refractivity contribution in [3.05, 3.63) is 28.7 Å². The lowest BCUT2D eigenvalue weighted by molar-refractivity contribution is -0.131. The Morgan fingerprint density at radius 2 is 2.50 bits per heavy atom. The van der Waals surface area contributed by atoms with E-state index in [4.69, 9.17) is 5.73 Å². The molecule has 0 spiro atoms. The predicted octanol–water partition coefficient (Wildman–Crippen LogP) is 1.31. The Bertz CT molecular complexity index is 375. The summed E-state index contributed by atoms with van der Waals surface area (Å²) >= 11 is 1.55. The van der Waals surface area contributed by atoms with Gasteiger partial charge in [-0.1, -0.05) is 6.08 Å². The Balaban J connectivity index is 2.58. The minimum Gasteiger partial charge on any atom is -0.339 e. The second-order valence-corrected chi connectivity index (χ2v) is 4.63. The number of hydrogen-bond donors (Lipinski definition) is 1. The third-order valence-electron chi connectivity index (χ3n) is 2.34. The molecule has 4 nitrogen and oxygen atoms in total. The van der Waals surface area contributed by atoms with Crippen LogP contribution in [-0.4, -0.2) is 28.9 Å². The minimum atomic E-state index is -0.490. The van der Waals surface area contributed by atoms with Gasteiger partial charge in [-0.15, -0.1) is 17.9 Å². The molecular formula is C11H17N3OS. The van der Waals surface area contributed by atoms with Crippen LogP contribution in [0.25, 0.3) is 0 Å². The number of likely N-dealkylation sites (N-methyl/N-ethyl adjacent to an activating group) is 1. The Morgan fingerprint density at radius 1 is 1.81 bits per heavy atom. The molecule has 16 heavy (non-hydrogen) atoms. The predicted molar refractivity (Wildman–Crippen MR) is 66.1 cm³/mol. The zero-order valence-electron chi connectivity index (χ0n) is 9.64. The van der Waals surface area contributed by atoms with Crippen LogP contribution < -0.4 is 5.73 Å². The number of aromatic nitrogens is 1. The highest BCUT2D eigenvalue weighted by Crippen LogP contribution is 2.14. The number of carbonyl (C=O) groups excluding carboxylic acids is 1. The second-order valence-electron chi connectivity index (χ2n) is 3.69. The SMILES string of the molecule is C=CCC(N)C(=O)N(C)Cc1scnc1C. The number of aryl methyl sites for hydroxylation is 1. The lowest BCUT2D eigenvalue weighted by Gasteiger charge is -2.20. The third-order valence-corrected chi connectivity index (χ3v) is 3.26. The largest absolute Gasteiger partial charge is 0.339 e. The lowest BCUT2D eigenvalue weighted by Crippen LogP contribution is -2.41. The molecule has 88 valence electrons. The summed E-state index contributed by atoms with van der Waals surface area (Å²) in [6.45, 7) is 6.08. The molecule has 5 heteroatoms. The Kier molecular flexibility index (Phi) is 4.64. The fourth-order valence-electron chi connectivity index (χ4n) is 1.33. The quantitative estimate of drug-likeness (QED) is 0.788. The first-order valence-electron chi connectivity index (χ1n) is 5.06. The molecule has 1 atom stereocenters. The van der Waals surface area contributed by atoms with Gasteiger partial charge >= 0.3 is 0 Å². The van der Waals surface area contributed by atoms with Crippen LogP contribution in [0.5, 0.6) is 0 Å². The summed E-state index contributed by atoms with van der Waals surface area (Å²) in [5, 5.41) is 0. The standard InChI is InChI=1S/C11H17N3OS/c1-4-5-9(12)11(15)14(3)6-10-8(2)13-7-16-10/h4,7,9H,1,5-6,12H2,2-3H3. The van der Waals surface area contributed by atoms with Gasteiger partial charge in [0.05, 0.1) is 23.8 Å². The molecule has 0 bridgehead atoms. The van der Waals surface area contributed by atoms with E-state index in [1.54, 1.807) is 34.9 Å². The van der Waals surface area contributed by atoms with Gasteiger partial charge < -0.3 is 10.6 Å². The van der Waals surface area contributed by atoms with Gasteiger partial charge in [0.25, 0.3) is 0 Å². The summed E-state index contributed by atoms with van der Waals surface area (Å²) in [6.07, 6.45) is 2.17. The number of amides is 1. The fraction of sp³-hybridized carbons (Fsp3) is 0.455. The van der Waals surface area contributed by atoms with E-state index < -0.39 is 6.04 Å². The van der Waals surface area contributed by atoms with Crippen LogP contribution in [0, 0.1) is 6.92 Å². The molecule has 1 aromatic rings. The first kappa shape index (κ1) is 12.9. The van der Waals surface area contributed by atoms with Crippen molar-refractivity contribution in [3.8, 4) is 0 Å². The molecular weight excluding hydrogens is 222 g/mol. The summed E-state index contributed by atoms with van der Waals surface area (Å²) in [4.78, 5) is 18.7. The van der Waals surface area contributed by atoms with E-state index in [0.717, 1.165) is 10.6 Å². The second kappa shape index (κ2) is 5.77. The van der Waals surface area contributed by atoms with Crippen LogP contribution in [0.3, 0.4) is 0 Å². The third kappa shape index (κ3) is 3.15. The zero-order valence-corrected chi connectivity index (χ0v) is 10.5. The molecule has 0 saturated heterocycles. The molecule has 0 aliphatic carbocycles. The molecule has 1 unspecified atom stereocenters. The smallest absolute Gasteiger partial charge is 0.239 e. The van der Waals surface area contributed by atoms with Crippen LogP contribution >= 0.6 is 11.3 Å². The highest BCUT2D eigenvalue weighted by atomic mass is 32.1. The zero-order chi connectivity index (χ0) is 12.1. The average Bonchev–Trinajstić information content (AvgIpc) is 2.63. The van der Waals surface area contributed by atoms with E-state index in [0.29, 0.717) is 13.0 Å². The van der Waals surface area contributed by atoms with Crippen LogP contribution in [0.4, 0.5) is 0 Å². The van der Waals surface area contributed by atoms with E-state index in [1.165, 1.54) is 0 Å². The first-order chi connectivity index (χ1) is 7.56. The van der Waals surface area contributed by atoms with Gasteiger partial charge in [-0.05, 0) is 13.3 Å². The molecule has 0 radical (unpaired) electrons. The molecule has 1 amide bonds. The van der Waals surface area contributed by atoms with Crippen molar-refractivity contribution in [1.29, 1.82) is 0 Å². The normalized spacial score (nSPS) is 12.2. The van der Waals surface area contributed by atoms with Gasteiger partial charge in [0, 0.05) is 11.9 Å². The van der Waals surface area contributed by atoms with Gasteiger partial charge in [-0.2, -0.15) is 0 Å². The van der Waals surface area contributed by atoms with Crippen molar-refractivity contribution in [2.75, 3.05) is 7.05 Å². The maximum absolute atomic E-state index is 11.8. The lowest BCUT2D eigenvalue weighted by atomic mass is 10.2. The maximum atomic E-state index is 11.8. The van der Waals surface area contributed by atoms with Crippen molar-refractivity contribution < 1.29 is 4.79 Å². The molecule has 0 aliphatic rings. The van der Waals surface area contributed by atoms with Gasteiger partial charge in [-0.25, -0.2) is 4.98 Å². The molecule has 1 rings (SSSR count). The van der Waals surface area contributed by atoms with Crippen molar-refractivity contribution in [3.63, 3.8) is 0 Å². The topological polar surface area (TPSA) is 59.2 Å². The fourth-order valence-corrected chi connectivity index (χ4v) is 2.16. The maximum Gasteiger partial charge on any atom is 0.239 e. The number of nitrogens with zero attached hydrogens (tertiary/aromatic N) is 2. The van der Waals surface area contributed by atoms with Gasteiger partial charge in [0.2, 0.25) is 5.91 Å². The van der Waals surface area contributed by atoms with Crippen LogP contribution in [0.15, 0.2) is 18.2 Å². The highest BCUT2D eigenvalue weighted by molar-refractivity contribution is 7.09. The number of carbonyl (C=O) groups is 1. The van der Waals surface area contributed by atoms with Gasteiger partial charge in [0.1, 0.15) is 0 Å². The van der Waals surface area contributed by atoms with Gasteiger partial charge in [-0.3, -0.25) is 4.79 Å². The number of rotatable bonds is 5. The Labute approximate surface area is 99.8 Å². The summed E-state index contributed by atoms with van der Waals surface area (Å²) < 4.78 is 0. The van der Waals surface area contributed by atoms with Crippen LogP contribution in [0.2, 0.25) is 0 Å². The number of nitrogens with two attached hydrogens (primary N) is 1. The number of hydrogen-bond acceptors (Lipinski definition) is 4. The minimum absolute atomic E-state index is 0.0623. The van der Waals surface area contributed by atoms with E-state index in [1.807, 2.05) is 6.92 Å². The van der Waals surface area contributed by atoms with E-state index in [2.05, 4.69) is 11.6 Å². The molecule has 1 heterocycles. The first-order valence-corrected chi connectivity index (χ1v) is 5.94. The molecule has 2 N–H and O–H groups in total. The average molecular weight is 239 g/mol. The van der Waals surface area contributed by atoms with Crippen LogP contribution in [0.1, 0.15) is 17.0 Å². The Hall–Kier alpha value is -1.20. The molecule has 0 saturated carbocycles. The molecule has 0 aromatic carbocycles. The van der Waals surface area contributed by atoms with E-state index in [9.17, 15) is 4.79 Å². The summed E-state index contributed by atoms with van der Waals surface area (Å²) in [5.41, 5.74) is 8.48. The summed E-state index contributed by atoms with van der Waals surface area (Å²) in [5.74, 6) is -0.0623. The molecule has 1 aromatic heterocycles. The highest BCUT2D eigenvalue weighted by Gasteiger charge is 2.17. The molecule has 0 aliphatic heterocycles. The van der Waals surface area contributed by atoms with Gasteiger partial charge in [0.15, 0.2) is 0 Å². The molecule has 0 fully saturated rings. The van der Waals surface area contributed by atoms with E-state index in [-0.39, 0.29) is 5.91 Å². The van der Waals surface area contributed by atoms with Crippen molar-refractivity contribution in [2.45, 2.75) is 25.9 Å². The monoisotopic (exact) mass is 239 g/mol. The van der Waals surface area contributed by atoms with E-state index >= 15 is 0 Å². The number of thiazole rings is 1. The van der Waals surface area contributed by atoms with Crippen molar-refractivity contribution >= 4 is 17.2 Å². The summed E-state index contributed by atoms with van der Waals surface area (Å²) in [6, 6.07) is -0.490. The summed E-state index contributed by atoms with van der Waals surface area (Å²) in [7, 11) is 1.75. The van der Waals surface area contributed by atoms with Crippen LogP contribution in [-0.2, 0) is 11.3 Å². The van der Waals surface area contributed by atoms with Crippen molar-refractivity contribution in [2.24, 2.45) is 5.73 Å². The Morgan fingerprint density at radius 3 is 3.00 bits per heavy atom.